The van der Waals surface area contributed by atoms with Gasteiger partial charge in [0.15, 0.2) is 0 Å². The number of carboxylic acid groups (broad SMARTS) is 1. The van der Waals surface area contributed by atoms with Crippen LogP contribution in [-0.4, -0.2) is 45.1 Å². The van der Waals surface area contributed by atoms with E-state index in [1.54, 1.807) is 0 Å². The third kappa shape index (κ3) is 7.67. The molecule has 0 fully saturated rings. The van der Waals surface area contributed by atoms with Crippen LogP contribution in [0.4, 0.5) is 0 Å². The van der Waals surface area contributed by atoms with Crippen LogP contribution in [0.25, 0.3) is 0 Å². The molecule has 0 aliphatic carbocycles. The first-order chi connectivity index (χ1) is 5.85. The molecule has 0 aromatic rings. The lowest BCUT2D eigenvalue weighted by molar-refractivity contribution is -0.137. The molecule has 0 saturated heterocycles. The number of nitrogens with zero attached hydrogens (tertiary/aromatic N) is 1. The van der Waals surface area contributed by atoms with Gasteiger partial charge in [0.25, 0.3) is 0 Å². The summed E-state index contributed by atoms with van der Waals surface area (Å²) >= 11 is 0. The van der Waals surface area contributed by atoms with E-state index >= 15 is 0 Å². The monoisotopic (exact) mass is 209 g/mol. The molecule has 0 radical (unpaired) electrons. The Morgan fingerprint density at radius 1 is 1.54 bits per heavy atom. The van der Waals surface area contributed by atoms with Crippen molar-refractivity contribution in [1.29, 1.82) is 0 Å². The van der Waals surface area contributed by atoms with E-state index in [0.717, 1.165) is 4.90 Å². The summed E-state index contributed by atoms with van der Waals surface area (Å²) in [5.74, 6) is -1.13. The zero-order chi connectivity index (χ0) is 10.5. The molecule has 0 heterocycles. The number of carboxylic acids is 1. The van der Waals surface area contributed by atoms with Gasteiger partial charge in [-0.15, -0.1) is 6.58 Å². The normalized spacial score (nSPS) is 11.6. The first-order valence-corrected chi connectivity index (χ1v) is 5.24. The largest absolute Gasteiger partial charge is 0.480 e. The highest BCUT2D eigenvalue weighted by Crippen LogP contribution is 2.34. The number of hydrogen-bond donors (Lipinski definition) is 3. The fourth-order valence-corrected chi connectivity index (χ4v) is 1.54. The summed E-state index contributed by atoms with van der Waals surface area (Å²) in [6, 6.07) is 0. The molecule has 3 N–H and O–H groups in total. The first kappa shape index (κ1) is 12.3. The van der Waals surface area contributed by atoms with Crippen molar-refractivity contribution in [3.63, 3.8) is 0 Å². The number of aliphatic carboxylic acids is 1. The van der Waals surface area contributed by atoms with E-state index < -0.39 is 26.4 Å². The Labute approximate surface area is 75.6 Å². The van der Waals surface area contributed by atoms with Crippen LogP contribution in [0.1, 0.15) is 0 Å². The molecule has 7 heteroatoms. The number of rotatable bonds is 6. The third-order valence-electron chi connectivity index (χ3n) is 1.13. The smallest absolute Gasteiger partial charge is 0.339 e. The molecule has 0 aliphatic rings. The average molecular weight is 209 g/mol. The minimum atomic E-state index is -4.19. The van der Waals surface area contributed by atoms with Gasteiger partial charge in [-0.05, 0) is 0 Å². The summed E-state index contributed by atoms with van der Waals surface area (Å²) < 4.78 is 10.5. The van der Waals surface area contributed by atoms with Crippen molar-refractivity contribution >= 4 is 13.6 Å². The van der Waals surface area contributed by atoms with E-state index in [9.17, 15) is 9.36 Å². The molecule has 76 valence electrons. The fourth-order valence-electron chi connectivity index (χ4n) is 0.807. The Balaban J connectivity index is 4.17. The Bertz CT molecular complexity index is 235. The Morgan fingerprint density at radius 3 is 2.38 bits per heavy atom. The summed E-state index contributed by atoms with van der Waals surface area (Å²) in [6.07, 6.45) is 0.823. The van der Waals surface area contributed by atoms with Gasteiger partial charge in [-0.1, -0.05) is 6.08 Å². The Kier molecular flexibility index (Phi) is 4.87. The van der Waals surface area contributed by atoms with Gasteiger partial charge >= 0.3 is 13.6 Å². The summed E-state index contributed by atoms with van der Waals surface area (Å²) in [5.41, 5.74) is 0. The topological polar surface area (TPSA) is 98.1 Å². The maximum atomic E-state index is 10.5. The molecular weight excluding hydrogens is 197 g/mol. The van der Waals surface area contributed by atoms with Crippen molar-refractivity contribution in [2.75, 3.05) is 19.4 Å². The summed E-state index contributed by atoms with van der Waals surface area (Å²) in [6.45, 7) is 3.08. The minimum absolute atomic E-state index is 0.136. The van der Waals surface area contributed by atoms with Gasteiger partial charge in [0.05, 0.1) is 6.54 Å². The number of hydrogen-bond acceptors (Lipinski definition) is 3. The van der Waals surface area contributed by atoms with E-state index in [2.05, 4.69) is 6.58 Å². The SMILES string of the molecule is C=CCN(CC(=O)O)CP(=O)(O)O. The van der Waals surface area contributed by atoms with Crippen LogP contribution >= 0.6 is 7.60 Å². The molecule has 6 nitrogen and oxygen atoms in total. The van der Waals surface area contributed by atoms with E-state index in [1.165, 1.54) is 6.08 Å². The molecule has 0 aromatic carbocycles. The van der Waals surface area contributed by atoms with Gasteiger partial charge in [0, 0.05) is 6.54 Å². The summed E-state index contributed by atoms with van der Waals surface area (Å²) in [7, 11) is -4.19. The molecule has 0 aromatic heterocycles. The van der Waals surface area contributed by atoms with Crippen LogP contribution in [0, 0.1) is 0 Å². The molecule has 0 saturated carbocycles. The standard InChI is InChI=1S/C6H12NO5P/c1-2-3-7(4-6(8)9)5-13(10,11)12/h2H,1,3-5H2,(H,8,9)(H2,10,11,12). The Hall–Kier alpha value is -0.680. The van der Waals surface area contributed by atoms with E-state index in [4.69, 9.17) is 14.9 Å². The predicted octanol–water partition coefficient (Wildman–Crippen LogP) is -0.306. The molecule has 0 rings (SSSR count). The van der Waals surface area contributed by atoms with E-state index in [0.29, 0.717) is 0 Å². The van der Waals surface area contributed by atoms with Crippen LogP contribution < -0.4 is 0 Å². The van der Waals surface area contributed by atoms with Gasteiger partial charge < -0.3 is 14.9 Å². The lowest BCUT2D eigenvalue weighted by Gasteiger charge is -2.18. The average Bonchev–Trinajstić information content (AvgIpc) is 1.81. The Morgan fingerprint density at radius 2 is 2.08 bits per heavy atom. The number of carbonyl (C=O) groups is 1. The molecule has 0 bridgehead atoms. The molecule has 0 amide bonds. The molecule has 0 spiro atoms. The highest BCUT2D eigenvalue weighted by atomic mass is 31.2. The highest BCUT2D eigenvalue weighted by molar-refractivity contribution is 7.51. The maximum absolute atomic E-state index is 10.5. The first-order valence-electron chi connectivity index (χ1n) is 3.45. The quantitative estimate of drug-likeness (QED) is 0.410. The van der Waals surface area contributed by atoms with Crippen molar-refractivity contribution in [1.82, 2.24) is 4.90 Å². The second-order valence-electron chi connectivity index (χ2n) is 2.50. The minimum Gasteiger partial charge on any atom is -0.480 e. The van der Waals surface area contributed by atoms with Crippen LogP contribution in [0.15, 0.2) is 12.7 Å². The van der Waals surface area contributed by atoms with Crippen molar-refractivity contribution < 1.29 is 24.3 Å². The van der Waals surface area contributed by atoms with Crippen molar-refractivity contribution in [3.8, 4) is 0 Å². The fraction of sp³-hybridized carbons (Fsp3) is 0.500. The third-order valence-corrected chi connectivity index (χ3v) is 1.90. The zero-order valence-electron chi connectivity index (χ0n) is 6.96. The van der Waals surface area contributed by atoms with Crippen molar-refractivity contribution in [2.45, 2.75) is 0 Å². The molecular formula is C6H12NO5P. The molecule has 0 aliphatic heterocycles. The van der Waals surface area contributed by atoms with Gasteiger partial charge in [-0.25, -0.2) is 0 Å². The van der Waals surface area contributed by atoms with Gasteiger partial charge in [-0.2, -0.15) is 0 Å². The van der Waals surface area contributed by atoms with Gasteiger partial charge in [0.2, 0.25) is 0 Å². The van der Waals surface area contributed by atoms with E-state index in [1.807, 2.05) is 0 Å². The van der Waals surface area contributed by atoms with Crippen LogP contribution in [0.5, 0.6) is 0 Å². The summed E-state index contributed by atoms with van der Waals surface area (Å²) in [5, 5.41) is 8.38. The van der Waals surface area contributed by atoms with E-state index in [-0.39, 0.29) is 6.54 Å². The predicted molar refractivity (Wildman–Crippen MR) is 46.3 cm³/mol. The molecule has 13 heavy (non-hydrogen) atoms. The maximum Gasteiger partial charge on any atom is 0.339 e. The van der Waals surface area contributed by atoms with Crippen LogP contribution in [-0.2, 0) is 9.36 Å². The second kappa shape index (κ2) is 5.14. The van der Waals surface area contributed by atoms with Crippen molar-refractivity contribution in [3.05, 3.63) is 12.7 Å². The van der Waals surface area contributed by atoms with Crippen LogP contribution in [0.3, 0.4) is 0 Å². The second-order valence-corrected chi connectivity index (χ2v) is 4.11. The van der Waals surface area contributed by atoms with Crippen molar-refractivity contribution in [2.24, 2.45) is 0 Å². The molecule has 0 atom stereocenters. The highest BCUT2D eigenvalue weighted by Gasteiger charge is 2.19. The van der Waals surface area contributed by atoms with Gasteiger partial charge in [-0.3, -0.25) is 14.3 Å². The summed E-state index contributed by atoms with van der Waals surface area (Å²) in [4.78, 5) is 28.5. The molecule has 0 unspecified atom stereocenters. The lowest BCUT2D eigenvalue weighted by atomic mass is 10.5. The van der Waals surface area contributed by atoms with Gasteiger partial charge in [0.1, 0.15) is 6.29 Å². The zero-order valence-corrected chi connectivity index (χ0v) is 7.85. The lowest BCUT2D eigenvalue weighted by Crippen LogP contribution is -2.30. The van der Waals surface area contributed by atoms with Crippen LogP contribution in [0.2, 0.25) is 0 Å².